The first-order chi connectivity index (χ1) is 8.72. The SMILES string of the molecule is OC(Cc1ccc(F)cc1)C1CN2CCN1CC2. The van der Waals surface area contributed by atoms with Crippen molar-refractivity contribution in [2.45, 2.75) is 18.6 Å². The first-order valence-electron chi connectivity index (χ1n) is 6.61. The van der Waals surface area contributed by atoms with Crippen LogP contribution in [0, 0.1) is 5.82 Å². The van der Waals surface area contributed by atoms with Crippen molar-refractivity contribution in [1.82, 2.24) is 9.80 Å². The van der Waals surface area contributed by atoms with E-state index in [0.29, 0.717) is 6.42 Å². The summed E-state index contributed by atoms with van der Waals surface area (Å²) >= 11 is 0. The summed E-state index contributed by atoms with van der Waals surface area (Å²) in [5, 5.41) is 10.4. The lowest BCUT2D eigenvalue weighted by Gasteiger charge is -2.49. The van der Waals surface area contributed by atoms with Crippen molar-refractivity contribution < 1.29 is 9.50 Å². The second-order valence-corrected chi connectivity index (χ2v) is 5.30. The van der Waals surface area contributed by atoms with Gasteiger partial charge in [0, 0.05) is 38.8 Å². The predicted molar refractivity (Wildman–Crippen MR) is 67.9 cm³/mol. The molecule has 2 unspecified atom stereocenters. The Morgan fingerprint density at radius 2 is 1.83 bits per heavy atom. The number of aliphatic hydroxyl groups is 1. The van der Waals surface area contributed by atoms with E-state index in [0.717, 1.165) is 38.3 Å². The van der Waals surface area contributed by atoms with E-state index < -0.39 is 0 Å². The highest BCUT2D eigenvalue weighted by Crippen LogP contribution is 2.20. The van der Waals surface area contributed by atoms with E-state index in [2.05, 4.69) is 9.80 Å². The van der Waals surface area contributed by atoms with Gasteiger partial charge in [-0.15, -0.1) is 0 Å². The topological polar surface area (TPSA) is 26.7 Å². The Hall–Kier alpha value is -0.970. The molecule has 0 aliphatic carbocycles. The maximum atomic E-state index is 12.8. The molecule has 3 fully saturated rings. The van der Waals surface area contributed by atoms with Crippen molar-refractivity contribution in [3.63, 3.8) is 0 Å². The van der Waals surface area contributed by atoms with Gasteiger partial charge in [0.15, 0.2) is 0 Å². The maximum Gasteiger partial charge on any atom is 0.123 e. The van der Waals surface area contributed by atoms with Crippen LogP contribution in [0.2, 0.25) is 0 Å². The molecule has 3 aliphatic heterocycles. The van der Waals surface area contributed by atoms with Gasteiger partial charge in [0.25, 0.3) is 0 Å². The van der Waals surface area contributed by atoms with Crippen LogP contribution in [0.15, 0.2) is 24.3 Å². The molecule has 0 radical (unpaired) electrons. The van der Waals surface area contributed by atoms with Crippen LogP contribution in [0.5, 0.6) is 0 Å². The Kier molecular flexibility index (Phi) is 3.33. The molecule has 3 nitrogen and oxygen atoms in total. The van der Waals surface area contributed by atoms with Crippen molar-refractivity contribution in [2.75, 3.05) is 32.7 Å². The number of nitrogens with zero attached hydrogens (tertiary/aromatic N) is 2. The molecule has 4 heteroatoms. The van der Waals surface area contributed by atoms with Gasteiger partial charge in [-0.3, -0.25) is 9.80 Å². The van der Waals surface area contributed by atoms with Gasteiger partial charge in [0.05, 0.1) is 6.10 Å². The van der Waals surface area contributed by atoms with Crippen molar-refractivity contribution >= 4 is 0 Å². The summed E-state index contributed by atoms with van der Waals surface area (Å²) in [5.74, 6) is -0.222. The zero-order valence-electron chi connectivity index (χ0n) is 10.4. The summed E-state index contributed by atoms with van der Waals surface area (Å²) in [6, 6.07) is 6.67. The number of halogens is 1. The van der Waals surface area contributed by atoms with Gasteiger partial charge in [0.1, 0.15) is 5.82 Å². The third-order valence-corrected chi connectivity index (χ3v) is 4.12. The van der Waals surface area contributed by atoms with Crippen LogP contribution >= 0.6 is 0 Å². The number of hydrogen-bond donors (Lipinski definition) is 1. The van der Waals surface area contributed by atoms with Crippen LogP contribution < -0.4 is 0 Å². The molecule has 1 N–H and O–H groups in total. The van der Waals surface area contributed by atoms with Crippen LogP contribution in [0.4, 0.5) is 4.39 Å². The molecule has 4 rings (SSSR count). The number of aliphatic hydroxyl groups excluding tert-OH is 1. The number of hydrogen-bond acceptors (Lipinski definition) is 3. The lowest BCUT2D eigenvalue weighted by molar-refractivity contribution is -0.0453. The third kappa shape index (κ3) is 2.41. The van der Waals surface area contributed by atoms with Crippen LogP contribution in [0.25, 0.3) is 0 Å². The van der Waals surface area contributed by atoms with Gasteiger partial charge in [-0.1, -0.05) is 12.1 Å². The Bertz CT molecular complexity index is 401. The average Bonchev–Trinajstić information content (AvgIpc) is 2.42. The van der Waals surface area contributed by atoms with Gasteiger partial charge in [-0.2, -0.15) is 0 Å². The minimum absolute atomic E-state index is 0.222. The highest BCUT2D eigenvalue weighted by Gasteiger charge is 2.35. The van der Waals surface area contributed by atoms with Crippen molar-refractivity contribution in [1.29, 1.82) is 0 Å². The minimum atomic E-state index is -0.362. The quantitative estimate of drug-likeness (QED) is 0.856. The standard InChI is InChI=1S/C14H19FN2O/c15-12-3-1-11(2-4-12)9-14(18)13-10-16-5-7-17(13)8-6-16/h1-4,13-14,18H,5-10H2. The fourth-order valence-electron chi connectivity index (χ4n) is 3.02. The molecule has 3 saturated heterocycles. The summed E-state index contributed by atoms with van der Waals surface area (Å²) in [6.07, 6.45) is 0.244. The number of benzene rings is 1. The van der Waals surface area contributed by atoms with E-state index in [1.165, 1.54) is 12.1 Å². The van der Waals surface area contributed by atoms with E-state index in [-0.39, 0.29) is 18.0 Å². The van der Waals surface area contributed by atoms with E-state index >= 15 is 0 Å². The second-order valence-electron chi connectivity index (χ2n) is 5.30. The average molecular weight is 250 g/mol. The van der Waals surface area contributed by atoms with E-state index in [1.807, 2.05) is 0 Å². The lowest BCUT2D eigenvalue weighted by atomic mass is 9.97. The second kappa shape index (κ2) is 4.96. The van der Waals surface area contributed by atoms with Gasteiger partial charge in [0.2, 0.25) is 0 Å². The predicted octanol–water partition coefficient (Wildman–Crippen LogP) is 0.729. The van der Waals surface area contributed by atoms with Crippen molar-refractivity contribution in [3.05, 3.63) is 35.6 Å². The summed E-state index contributed by atoms with van der Waals surface area (Å²) in [6.45, 7) is 5.33. The number of fused-ring (bicyclic) bond motifs is 3. The third-order valence-electron chi connectivity index (χ3n) is 4.12. The lowest BCUT2D eigenvalue weighted by Crippen LogP contribution is -2.64. The van der Waals surface area contributed by atoms with E-state index in [4.69, 9.17) is 0 Å². The monoisotopic (exact) mass is 250 g/mol. The molecule has 98 valence electrons. The van der Waals surface area contributed by atoms with Crippen LogP contribution in [-0.4, -0.2) is 59.8 Å². The largest absolute Gasteiger partial charge is 0.391 e. The maximum absolute atomic E-state index is 12.8. The zero-order valence-corrected chi connectivity index (χ0v) is 10.4. The number of piperazine rings is 3. The number of rotatable bonds is 3. The Morgan fingerprint density at radius 3 is 2.39 bits per heavy atom. The first kappa shape index (κ1) is 12.1. The summed E-state index contributed by atoms with van der Waals surface area (Å²) < 4.78 is 12.8. The van der Waals surface area contributed by atoms with Gasteiger partial charge in [-0.05, 0) is 24.1 Å². The molecular weight excluding hydrogens is 231 g/mol. The highest BCUT2D eigenvalue weighted by atomic mass is 19.1. The van der Waals surface area contributed by atoms with E-state index in [1.54, 1.807) is 12.1 Å². The molecule has 2 atom stereocenters. The fraction of sp³-hybridized carbons (Fsp3) is 0.571. The Balaban J connectivity index is 1.64. The molecular formula is C14H19FN2O. The molecule has 0 aromatic heterocycles. The molecule has 3 heterocycles. The first-order valence-corrected chi connectivity index (χ1v) is 6.61. The molecule has 2 bridgehead atoms. The van der Waals surface area contributed by atoms with Gasteiger partial charge >= 0.3 is 0 Å². The molecule has 0 amide bonds. The fourth-order valence-corrected chi connectivity index (χ4v) is 3.02. The minimum Gasteiger partial charge on any atom is -0.391 e. The molecule has 18 heavy (non-hydrogen) atoms. The van der Waals surface area contributed by atoms with Crippen molar-refractivity contribution in [3.8, 4) is 0 Å². The molecule has 0 saturated carbocycles. The smallest absolute Gasteiger partial charge is 0.123 e. The van der Waals surface area contributed by atoms with Crippen molar-refractivity contribution in [2.24, 2.45) is 0 Å². The van der Waals surface area contributed by atoms with E-state index in [9.17, 15) is 9.50 Å². The molecule has 1 aromatic carbocycles. The van der Waals surface area contributed by atoms with Gasteiger partial charge in [-0.25, -0.2) is 4.39 Å². The normalized spacial score (nSPS) is 32.4. The summed E-state index contributed by atoms with van der Waals surface area (Å²) in [5.41, 5.74) is 1.00. The van der Waals surface area contributed by atoms with Crippen LogP contribution in [0.1, 0.15) is 5.56 Å². The Labute approximate surface area is 107 Å². The zero-order chi connectivity index (χ0) is 12.5. The molecule has 3 aliphatic rings. The molecule has 0 spiro atoms. The molecule has 1 aromatic rings. The van der Waals surface area contributed by atoms with Gasteiger partial charge < -0.3 is 5.11 Å². The summed E-state index contributed by atoms with van der Waals surface area (Å²) in [7, 11) is 0. The van der Waals surface area contributed by atoms with Crippen LogP contribution in [0.3, 0.4) is 0 Å². The highest BCUT2D eigenvalue weighted by molar-refractivity contribution is 5.17. The van der Waals surface area contributed by atoms with Crippen LogP contribution in [-0.2, 0) is 6.42 Å². The Morgan fingerprint density at radius 1 is 1.17 bits per heavy atom. The summed E-state index contributed by atoms with van der Waals surface area (Å²) in [4.78, 5) is 4.80.